The number of aromatic nitrogens is 2. The Labute approximate surface area is 116 Å². The van der Waals surface area contributed by atoms with Crippen LogP contribution in [0.2, 0.25) is 0 Å². The molecule has 2 N–H and O–H groups in total. The fourth-order valence-electron chi connectivity index (χ4n) is 1.96. The van der Waals surface area contributed by atoms with E-state index in [1.165, 1.54) is 24.3 Å². The van der Waals surface area contributed by atoms with Crippen molar-refractivity contribution in [2.75, 3.05) is 0 Å². The summed E-state index contributed by atoms with van der Waals surface area (Å²) in [5.41, 5.74) is -0.0586. The van der Waals surface area contributed by atoms with Crippen LogP contribution in [-0.4, -0.2) is 14.9 Å². The molecule has 1 aromatic heterocycles. The molecule has 0 radical (unpaired) electrons. The second-order valence-corrected chi connectivity index (χ2v) is 4.23. The Morgan fingerprint density at radius 1 is 1.14 bits per heavy atom. The van der Waals surface area contributed by atoms with Gasteiger partial charge in [-0.2, -0.15) is 4.39 Å². The highest BCUT2D eigenvalue weighted by molar-refractivity contribution is 5.76. The number of nitro benzene ring substituents is 1. The Hall–Kier alpha value is -3.16. The second kappa shape index (κ2) is 4.75. The maximum absolute atomic E-state index is 13.5. The van der Waals surface area contributed by atoms with Gasteiger partial charge in [-0.1, -0.05) is 6.07 Å². The summed E-state index contributed by atoms with van der Waals surface area (Å²) in [6, 6.07) is 8.17. The number of aromatic amines is 2. The van der Waals surface area contributed by atoms with Crippen LogP contribution in [0.25, 0.3) is 11.0 Å². The zero-order valence-corrected chi connectivity index (χ0v) is 10.4. The van der Waals surface area contributed by atoms with E-state index in [0.717, 1.165) is 6.07 Å². The number of rotatable bonds is 3. The third-order valence-corrected chi connectivity index (χ3v) is 2.85. The normalized spacial score (nSPS) is 10.7. The Morgan fingerprint density at radius 3 is 2.67 bits per heavy atom. The standard InChI is InChI=1S/C13H8FN3O4/c14-8-2-1-3-11(12(8)17(19)20)21-7-4-5-9-10(6-7)16-13(18)15-9/h1-6H,(H2,15,16,18). The van der Waals surface area contributed by atoms with Gasteiger partial charge in [0.05, 0.1) is 16.0 Å². The summed E-state index contributed by atoms with van der Waals surface area (Å²) in [4.78, 5) is 26.3. The highest BCUT2D eigenvalue weighted by Crippen LogP contribution is 2.33. The molecule has 0 amide bonds. The molecule has 3 aromatic rings. The number of hydrogen-bond donors (Lipinski definition) is 2. The first-order valence-corrected chi connectivity index (χ1v) is 5.87. The Kier molecular flexibility index (Phi) is 2.90. The van der Waals surface area contributed by atoms with Crippen LogP contribution >= 0.6 is 0 Å². The lowest BCUT2D eigenvalue weighted by atomic mass is 10.2. The Morgan fingerprint density at radius 2 is 1.90 bits per heavy atom. The Bertz CT molecular complexity index is 900. The lowest BCUT2D eigenvalue weighted by Crippen LogP contribution is -1.99. The van der Waals surface area contributed by atoms with Crippen molar-refractivity contribution in [3.8, 4) is 11.5 Å². The monoisotopic (exact) mass is 289 g/mol. The van der Waals surface area contributed by atoms with Gasteiger partial charge < -0.3 is 14.7 Å². The molecule has 0 unspecified atom stereocenters. The topological polar surface area (TPSA) is 101 Å². The molecule has 21 heavy (non-hydrogen) atoms. The van der Waals surface area contributed by atoms with E-state index in [4.69, 9.17) is 4.74 Å². The molecule has 0 saturated carbocycles. The molecule has 0 aliphatic carbocycles. The third kappa shape index (κ3) is 2.34. The van der Waals surface area contributed by atoms with Crippen LogP contribution in [0.5, 0.6) is 11.5 Å². The summed E-state index contributed by atoms with van der Waals surface area (Å²) >= 11 is 0. The fraction of sp³-hybridized carbons (Fsp3) is 0. The van der Waals surface area contributed by atoms with Crippen LogP contribution in [0.3, 0.4) is 0 Å². The number of benzene rings is 2. The number of imidazole rings is 1. The maximum atomic E-state index is 13.5. The molecule has 8 heteroatoms. The molecule has 2 aromatic carbocycles. The number of halogens is 1. The molecule has 0 bridgehead atoms. The van der Waals surface area contributed by atoms with Crippen LogP contribution in [0.4, 0.5) is 10.1 Å². The zero-order chi connectivity index (χ0) is 15.0. The molecule has 0 fully saturated rings. The highest BCUT2D eigenvalue weighted by Gasteiger charge is 2.21. The van der Waals surface area contributed by atoms with Gasteiger partial charge in [-0.3, -0.25) is 10.1 Å². The smallest absolute Gasteiger partial charge is 0.346 e. The lowest BCUT2D eigenvalue weighted by molar-refractivity contribution is -0.388. The molecule has 0 atom stereocenters. The summed E-state index contributed by atoms with van der Waals surface area (Å²) in [5, 5.41) is 10.9. The van der Waals surface area contributed by atoms with Gasteiger partial charge in [-0.15, -0.1) is 0 Å². The molecular formula is C13H8FN3O4. The number of ether oxygens (including phenoxy) is 1. The lowest BCUT2D eigenvalue weighted by Gasteiger charge is -2.06. The number of nitro groups is 1. The van der Waals surface area contributed by atoms with Crippen molar-refractivity contribution in [3.63, 3.8) is 0 Å². The van der Waals surface area contributed by atoms with E-state index in [9.17, 15) is 19.3 Å². The van der Waals surface area contributed by atoms with Crippen LogP contribution < -0.4 is 10.4 Å². The van der Waals surface area contributed by atoms with Crippen LogP contribution in [0, 0.1) is 15.9 Å². The number of nitrogens with one attached hydrogen (secondary N) is 2. The van der Waals surface area contributed by atoms with Crippen LogP contribution in [-0.2, 0) is 0 Å². The maximum Gasteiger partial charge on any atom is 0.346 e. The van der Waals surface area contributed by atoms with E-state index < -0.39 is 16.4 Å². The van der Waals surface area contributed by atoms with Gasteiger partial charge in [0.2, 0.25) is 11.6 Å². The van der Waals surface area contributed by atoms with Gasteiger partial charge in [0.25, 0.3) is 0 Å². The highest BCUT2D eigenvalue weighted by atomic mass is 19.1. The van der Waals surface area contributed by atoms with Crippen LogP contribution in [0.15, 0.2) is 41.2 Å². The molecule has 7 nitrogen and oxygen atoms in total. The molecule has 3 rings (SSSR count). The van der Waals surface area contributed by atoms with Gasteiger partial charge in [-0.25, -0.2) is 4.79 Å². The summed E-state index contributed by atoms with van der Waals surface area (Å²) in [5.74, 6) is -0.947. The molecule has 0 aliphatic rings. The summed E-state index contributed by atoms with van der Waals surface area (Å²) in [7, 11) is 0. The van der Waals surface area contributed by atoms with Crippen molar-refractivity contribution in [1.29, 1.82) is 0 Å². The van der Waals surface area contributed by atoms with E-state index in [1.807, 2.05) is 0 Å². The van der Waals surface area contributed by atoms with Crippen molar-refractivity contribution >= 4 is 16.7 Å². The van der Waals surface area contributed by atoms with Gasteiger partial charge in [-0.05, 0) is 24.3 Å². The van der Waals surface area contributed by atoms with Crippen molar-refractivity contribution < 1.29 is 14.1 Å². The summed E-state index contributed by atoms with van der Waals surface area (Å²) < 4.78 is 18.8. The van der Waals surface area contributed by atoms with Crippen molar-refractivity contribution in [2.45, 2.75) is 0 Å². The first kappa shape index (κ1) is 12.9. The summed E-state index contributed by atoms with van der Waals surface area (Å²) in [6.07, 6.45) is 0. The average molecular weight is 289 g/mol. The van der Waals surface area contributed by atoms with E-state index >= 15 is 0 Å². The second-order valence-electron chi connectivity index (χ2n) is 4.23. The number of para-hydroxylation sites is 1. The number of fused-ring (bicyclic) bond motifs is 1. The fourth-order valence-corrected chi connectivity index (χ4v) is 1.96. The minimum Gasteiger partial charge on any atom is -0.450 e. The van der Waals surface area contributed by atoms with Gasteiger partial charge in [0.15, 0.2) is 0 Å². The van der Waals surface area contributed by atoms with Crippen molar-refractivity contribution in [2.24, 2.45) is 0 Å². The molecule has 0 saturated heterocycles. The Balaban J connectivity index is 2.04. The number of H-pyrrole nitrogens is 2. The number of hydrogen-bond acceptors (Lipinski definition) is 4. The first-order valence-electron chi connectivity index (χ1n) is 5.87. The SMILES string of the molecule is O=c1[nH]c2ccc(Oc3cccc(F)c3[N+](=O)[O-])cc2[nH]1. The predicted octanol–water partition coefficient (Wildman–Crippen LogP) is 2.70. The van der Waals surface area contributed by atoms with Crippen molar-refractivity contribution in [1.82, 2.24) is 9.97 Å². The predicted molar refractivity (Wildman–Crippen MR) is 72.0 cm³/mol. The first-order chi connectivity index (χ1) is 10.0. The van der Waals surface area contributed by atoms with Gasteiger partial charge >= 0.3 is 11.4 Å². The van der Waals surface area contributed by atoms with Crippen LogP contribution in [0.1, 0.15) is 0 Å². The van der Waals surface area contributed by atoms with Gasteiger partial charge in [0.1, 0.15) is 5.75 Å². The molecule has 0 aliphatic heterocycles. The van der Waals surface area contributed by atoms with Crippen molar-refractivity contribution in [3.05, 3.63) is 62.8 Å². The number of nitrogens with zero attached hydrogens (tertiary/aromatic N) is 1. The minimum atomic E-state index is -0.978. The average Bonchev–Trinajstić information content (AvgIpc) is 2.77. The molecule has 106 valence electrons. The molecule has 1 heterocycles. The van der Waals surface area contributed by atoms with Gasteiger partial charge in [0, 0.05) is 6.07 Å². The minimum absolute atomic E-state index is 0.211. The van der Waals surface area contributed by atoms with E-state index in [0.29, 0.717) is 11.0 Å². The zero-order valence-electron chi connectivity index (χ0n) is 10.4. The van der Waals surface area contributed by atoms with E-state index in [2.05, 4.69) is 9.97 Å². The quantitative estimate of drug-likeness (QED) is 0.571. The molecular weight excluding hydrogens is 281 g/mol. The molecule has 0 spiro atoms. The third-order valence-electron chi connectivity index (χ3n) is 2.85. The van der Waals surface area contributed by atoms with E-state index in [1.54, 1.807) is 6.07 Å². The summed E-state index contributed by atoms with van der Waals surface area (Å²) in [6.45, 7) is 0. The van der Waals surface area contributed by atoms with E-state index in [-0.39, 0.29) is 17.2 Å². The largest absolute Gasteiger partial charge is 0.450 e.